The number of allylic oxidation sites excluding steroid dienone is 2. The Kier molecular flexibility index (Phi) is 4.74. The molecule has 0 bridgehead atoms. The zero-order valence-electron chi connectivity index (χ0n) is 12.8. The smallest absolute Gasteiger partial charge is 0.176 e. The lowest BCUT2D eigenvalue weighted by molar-refractivity contribution is -0.690. The van der Waals surface area contributed by atoms with Gasteiger partial charge in [0.2, 0.25) is 0 Å². The van der Waals surface area contributed by atoms with Crippen molar-refractivity contribution in [2.45, 2.75) is 13.1 Å². The fourth-order valence-corrected chi connectivity index (χ4v) is 2.43. The number of benzene rings is 1. The second-order valence-corrected chi connectivity index (χ2v) is 5.31. The highest BCUT2D eigenvalue weighted by Gasteiger charge is 2.01. The van der Waals surface area contributed by atoms with Gasteiger partial charge in [-0.25, -0.2) is 9.13 Å². The normalized spacial score (nSPS) is 11.7. The van der Waals surface area contributed by atoms with Crippen LogP contribution in [0.5, 0.6) is 0 Å². The summed E-state index contributed by atoms with van der Waals surface area (Å²) in [5, 5.41) is 14.0. The van der Waals surface area contributed by atoms with E-state index in [1.54, 1.807) is 0 Å². The van der Waals surface area contributed by atoms with Crippen LogP contribution in [0.4, 0.5) is 0 Å². The number of rotatable bonds is 5. The molecular formula is C19H19N3O+2. The summed E-state index contributed by atoms with van der Waals surface area (Å²) in [5.41, 5.74) is 0.874. The fourth-order valence-electron chi connectivity index (χ4n) is 2.43. The Morgan fingerprint density at radius 3 is 2.22 bits per heavy atom. The van der Waals surface area contributed by atoms with Crippen LogP contribution in [0.15, 0.2) is 84.6 Å². The fraction of sp³-hybridized carbons (Fsp3) is 0.105. The summed E-state index contributed by atoms with van der Waals surface area (Å²) in [6.45, 7) is 1.66. The van der Waals surface area contributed by atoms with Crippen molar-refractivity contribution in [3.63, 3.8) is 0 Å². The van der Waals surface area contributed by atoms with Gasteiger partial charge in [0.1, 0.15) is 0 Å². The Balaban J connectivity index is 1.59. The molecule has 2 heterocycles. The van der Waals surface area contributed by atoms with Crippen LogP contribution in [0.3, 0.4) is 0 Å². The Morgan fingerprint density at radius 1 is 0.826 bits per heavy atom. The molecule has 23 heavy (non-hydrogen) atoms. The largest absolute Gasteiger partial charge is 0.411 e. The van der Waals surface area contributed by atoms with Crippen molar-refractivity contribution in [1.29, 1.82) is 0 Å². The third kappa shape index (κ3) is 4.01. The van der Waals surface area contributed by atoms with Crippen molar-refractivity contribution in [2.75, 3.05) is 0 Å². The van der Waals surface area contributed by atoms with Gasteiger partial charge in [0, 0.05) is 29.1 Å². The minimum atomic E-state index is 0.810. The maximum absolute atomic E-state index is 8.49. The highest BCUT2D eigenvalue weighted by molar-refractivity contribution is 5.80. The molecule has 0 radical (unpaired) electrons. The molecule has 0 aliphatic rings. The first kappa shape index (κ1) is 14.9. The number of nitrogens with zero attached hydrogens (tertiary/aromatic N) is 3. The SMILES string of the molecule is O/N=C\c1cc[n+](C/C=C/C[n+]2ccc3ccccc3c2)cc1. The van der Waals surface area contributed by atoms with E-state index in [1.807, 2.05) is 24.5 Å². The molecule has 0 unspecified atom stereocenters. The van der Waals surface area contributed by atoms with E-state index in [4.69, 9.17) is 5.21 Å². The van der Waals surface area contributed by atoms with Gasteiger partial charge in [-0.15, -0.1) is 0 Å². The third-order valence-electron chi connectivity index (χ3n) is 3.67. The van der Waals surface area contributed by atoms with E-state index in [9.17, 15) is 0 Å². The molecule has 0 aliphatic carbocycles. The van der Waals surface area contributed by atoms with Gasteiger partial charge in [-0.3, -0.25) is 0 Å². The van der Waals surface area contributed by atoms with Crippen molar-refractivity contribution >= 4 is 17.0 Å². The van der Waals surface area contributed by atoms with Gasteiger partial charge in [-0.05, 0) is 23.6 Å². The zero-order valence-corrected chi connectivity index (χ0v) is 12.8. The van der Waals surface area contributed by atoms with Crippen LogP contribution in [0.25, 0.3) is 10.8 Å². The lowest BCUT2D eigenvalue weighted by Crippen LogP contribution is -2.33. The molecule has 3 aromatic rings. The number of oxime groups is 1. The average molecular weight is 305 g/mol. The topological polar surface area (TPSA) is 40.4 Å². The monoisotopic (exact) mass is 305 g/mol. The molecule has 0 atom stereocenters. The zero-order chi connectivity index (χ0) is 15.9. The summed E-state index contributed by atoms with van der Waals surface area (Å²) >= 11 is 0. The van der Waals surface area contributed by atoms with Gasteiger partial charge in [-0.1, -0.05) is 23.4 Å². The molecule has 0 amide bonds. The van der Waals surface area contributed by atoms with Crippen molar-refractivity contribution in [2.24, 2.45) is 5.16 Å². The Morgan fingerprint density at radius 2 is 1.48 bits per heavy atom. The molecule has 114 valence electrons. The molecule has 0 spiro atoms. The first-order chi connectivity index (χ1) is 11.3. The summed E-state index contributed by atoms with van der Waals surface area (Å²) in [6.07, 6.45) is 13.9. The van der Waals surface area contributed by atoms with Gasteiger partial charge < -0.3 is 5.21 Å². The third-order valence-corrected chi connectivity index (χ3v) is 3.67. The van der Waals surface area contributed by atoms with Crippen LogP contribution in [0.2, 0.25) is 0 Å². The van der Waals surface area contributed by atoms with Gasteiger partial charge in [-0.2, -0.15) is 0 Å². The van der Waals surface area contributed by atoms with E-state index < -0.39 is 0 Å². The number of pyridine rings is 2. The van der Waals surface area contributed by atoms with Gasteiger partial charge in [0.15, 0.2) is 37.9 Å². The first-order valence-corrected chi connectivity index (χ1v) is 7.54. The Labute approximate surface area is 135 Å². The first-order valence-electron chi connectivity index (χ1n) is 7.54. The highest BCUT2D eigenvalue weighted by atomic mass is 16.4. The van der Waals surface area contributed by atoms with Gasteiger partial charge in [0.25, 0.3) is 0 Å². The summed E-state index contributed by atoms with van der Waals surface area (Å²) in [7, 11) is 0. The van der Waals surface area contributed by atoms with E-state index in [2.05, 4.69) is 69.2 Å². The van der Waals surface area contributed by atoms with Crippen LogP contribution in [0, 0.1) is 0 Å². The van der Waals surface area contributed by atoms with Crippen LogP contribution < -0.4 is 9.13 Å². The highest BCUT2D eigenvalue weighted by Crippen LogP contribution is 2.09. The average Bonchev–Trinajstić information content (AvgIpc) is 2.60. The molecule has 0 fully saturated rings. The molecule has 0 aliphatic heterocycles. The van der Waals surface area contributed by atoms with E-state index >= 15 is 0 Å². The maximum atomic E-state index is 8.49. The molecule has 0 saturated heterocycles. The lowest BCUT2D eigenvalue weighted by Gasteiger charge is -1.96. The quantitative estimate of drug-likeness (QED) is 0.254. The summed E-state index contributed by atoms with van der Waals surface area (Å²) in [5.74, 6) is 0. The standard InChI is InChI=1S/C19H18N3O/c23-20-15-17-7-12-21(13-8-17)10-3-4-11-22-14-9-18-5-1-2-6-19(18)16-22/h1-9,12-16H,10-11H2/q+1/p+1/b4-3+. The molecule has 1 N–H and O–H groups in total. The van der Waals surface area contributed by atoms with E-state index in [1.165, 1.54) is 17.0 Å². The second-order valence-electron chi connectivity index (χ2n) is 5.31. The number of fused-ring (bicyclic) bond motifs is 1. The predicted octanol–water partition coefficient (Wildman–Crippen LogP) is 2.48. The second kappa shape index (κ2) is 7.31. The van der Waals surface area contributed by atoms with Crippen molar-refractivity contribution in [1.82, 2.24) is 0 Å². The predicted molar refractivity (Wildman–Crippen MR) is 89.3 cm³/mol. The number of hydrogen-bond donors (Lipinski definition) is 1. The molecular weight excluding hydrogens is 286 g/mol. The minimum absolute atomic E-state index is 0.810. The van der Waals surface area contributed by atoms with Crippen molar-refractivity contribution in [3.8, 4) is 0 Å². The van der Waals surface area contributed by atoms with E-state index in [-0.39, 0.29) is 0 Å². The Hall–Kier alpha value is -3.01. The minimum Gasteiger partial charge on any atom is -0.411 e. The summed E-state index contributed by atoms with van der Waals surface area (Å²) in [4.78, 5) is 0. The number of aromatic nitrogens is 2. The molecule has 4 nitrogen and oxygen atoms in total. The molecule has 4 heteroatoms. The van der Waals surface area contributed by atoms with Crippen LogP contribution in [-0.2, 0) is 13.1 Å². The Bertz CT molecular complexity index is 839. The maximum Gasteiger partial charge on any atom is 0.176 e. The van der Waals surface area contributed by atoms with Gasteiger partial charge >= 0.3 is 0 Å². The summed E-state index contributed by atoms with van der Waals surface area (Å²) < 4.78 is 4.24. The number of hydrogen-bond acceptors (Lipinski definition) is 2. The molecule has 3 rings (SSSR count). The van der Waals surface area contributed by atoms with Gasteiger partial charge in [0.05, 0.1) is 6.21 Å². The molecule has 1 aromatic carbocycles. The van der Waals surface area contributed by atoms with Crippen LogP contribution in [0.1, 0.15) is 5.56 Å². The van der Waals surface area contributed by atoms with Crippen LogP contribution in [-0.4, -0.2) is 11.4 Å². The molecule has 2 aromatic heterocycles. The molecule has 0 saturated carbocycles. The lowest BCUT2D eigenvalue weighted by atomic mass is 10.2. The van der Waals surface area contributed by atoms with Crippen LogP contribution >= 0.6 is 0 Å². The van der Waals surface area contributed by atoms with Crippen molar-refractivity contribution in [3.05, 3.63) is 85.0 Å². The van der Waals surface area contributed by atoms with Crippen molar-refractivity contribution < 1.29 is 14.3 Å². The van der Waals surface area contributed by atoms with E-state index in [0.29, 0.717) is 0 Å². The van der Waals surface area contributed by atoms with E-state index in [0.717, 1.165) is 18.7 Å². The summed E-state index contributed by atoms with van der Waals surface area (Å²) in [6, 6.07) is 14.3.